The summed E-state index contributed by atoms with van der Waals surface area (Å²) < 4.78 is 5.24. The Morgan fingerprint density at radius 3 is 2.70 bits per heavy atom. The molecule has 0 aliphatic carbocycles. The smallest absolute Gasteiger partial charge is 0.135 e. The maximum absolute atomic E-state index is 5.24. The molecule has 0 saturated carbocycles. The Morgan fingerprint density at radius 2 is 2.20 bits per heavy atom. The van der Waals surface area contributed by atoms with E-state index in [4.69, 9.17) is 4.74 Å². The summed E-state index contributed by atoms with van der Waals surface area (Å²) >= 11 is 0. The van der Waals surface area contributed by atoms with Crippen molar-refractivity contribution >= 4 is 0 Å². The largest absolute Gasteiger partial charge is 0.490 e. The van der Waals surface area contributed by atoms with Crippen molar-refractivity contribution in [1.29, 1.82) is 0 Å². The van der Waals surface area contributed by atoms with E-state index in [1.165, 1.54) is 5.57 Å². The van der Waals surface area contributed by atoms with Gasteiger partial charge in [-0.25, -0.2) is 0 Å². The Labute approximate surface area is 61.7 Å². The van der Waals surface area contributed by atoms with Gasteiger partial charge in [-0.1, -0.05) is 11.6 Å². The molecule has 1 heteroatoms. The van der Waals surface area contributed by atoms with Crippen LogP contribution in [-0.2, 0) is 4.74 Å². The predicted octanol–water partition coefficient (Wildman–Crippen LogP) is 2.42. The Morgan fingerprint density at radius 1 is 1.40 bits per heavy atom. The van der Waals surface area contributed by atoms with Gasteiger partial charge in [-0.15, -0.1) is 0 Å². The minimum Gasteiger partial charge on any atom is -0.490 e. The maximum Gasteiger partial charge on any atom is 0.135 e. The van der Waals surface area contributed by atoms with E-state index in [0.29, 0.717) is 0 Å². The standard InChI is InChI=1S/C9H12O/c1-8(2)7-9-5-3-4-6-10-9/h3-7,9H,1-2H3. The normalized spacial score (nSPS) is 22.0. The lowest BCUT2D eigenvalue weighted by atomic mass is 10.2. The monoisotopic (exact) mass is 136 g/mol. The third-order valence-electron chi connectivity index (χ3n) is 1.22. The number of hydrogen-bond donors (Lipinski definition) is 0. The second-order valence-electron chi connectivity index (χ2n) is 2.56. The fourth-order valence-electron chi connectivity index (χ4n) is 0.824. The van der Waals surface area contributed by atoms with Gasteiger partial charge in [-0.2, -0.15) is 0 Å². The van der Waals surface area contributed by atoms with Crippen LogP contribution < -0.4 is 0 Å². The molecule has 0 fully saturated rings. The summed E-state index contributed by atoms with van der Waals surface area (Å²) in [4.78, 5) is 0. The van der Waals surface area contributed by atoms with Crippen molar-refractivity contribution in [3.05, 3.63) is 36.1 Å². The molecule has 0 aromatic heterocycles. The predicted molar refractivity (Wildman–Crippen MR) is 42.6 cm³/mol. The van der Waals surface area contributed by atoms with Crippen molar-refractivity contribution in [3.8, 4) is 0 Å². The summed E-state index contributed by atoms with van der Waals surface area (Å²) in [5.41, 5.74) is 1.28. The van der Waals surface area contributed by atoms with E-state index in [2.05, 4.69) is 19.9 Å². The highest BCUT2D eigenvalue weighted by molar-refractivity contribution is 5.15. The zero-order valence-electron chi connectivity index (χ0n) is 6.37. The highest BCUT2D eigenvalue weighted by atomic mass is 16.5. The number of ether oxygens (including phenoxy) is 1. The van der Waals surface area contributed by atoms with Crippen molar-refractivity contribution < 1.29 is 4.74 Å². The summed E-state index contributed by atoms with van der Waals surface area (Å²) in [5.74, 6) is 0. The first-order valence-electron chi connectivity index (χ1n) is 3.43. The van der Waals surface area contributed by atoms with Crippen LogP contribution in [0.25, 0.3) is 0 Å². The summed E-state index contributed by atoms with van der Waals surface area (Å²) in [6, 6.07) is 0. The Bertz CT molecular complexity index is 183. The summed E-state index contributed by atoms with van der Waals surface area (Å²) in [6.45, 7) is 4.13. The molecule has 1 aliphatic heterocycles. The van der Waals surface area contributed by atoms with Crippen molar-refractivity contribution in [1.82, 2.24) is 0 Å². The van der Waals surface area contributed by atoms with Crippen LogP contribution in [0, 0.1) is 0 Å². The van der Waals surface area contributed by atoms with Crippen molar-refractivity contribution in [2.24, 2.45) is 0 Å². The molecule has 0 amide bonds. The Kier molecular flexibility index (Phi) is 2.32. The highest BCUT2D eigenvalue weighted by Gasteiger charge is 1.99. The molecular formula is C9H12O. The molecule has 1 heterocycles. The van der Waals surface area contributed by atoms with Gasteiger partial charge in [0.05, 0.1) is 6.26 Å². The molecule has 1 rings (SSSR count). The first kappa shape index (κ1) is 7.13. The molecule has 0 aromatic rings. The lowest BCUT2D eigenvalue weighted by Crippen LogP contribution is -2.03. The third kappa shape index (κ3) is 2.09. The van der Waals surface area contributed by atoms with Crippen molar-refractivity contribution in [2.45, 2.75) is 20.0 Å². The zero-order valence-corrected chi connectivity index (χ0v) is 6.37. The van der Waals surface area contributed by atoms with Gasteiger partial charge in [-0.05, 0) is 32.1 Å². The SMILES string of the molecule is CC(C)=CC1C=CC=CO1. The zero-order chi connectivity index (χ0) is 7.40. The van der Waals surface area contributed by atoms with E-state index < -0.39 is 0 Å². The van der Waals surface area contributed by atoms with E-state index in [1.54, 1.807) is 6.26 Å². The molecule has 0 aromatic carbocycles. The van der Waals surface area contributed by atoms with E-state index in [-0.39, 0.29) is 6.10 Å². The molecule has 1 nitrogen and oxygen atoms in total. The molecule has 0 N–H and O–H groups in total. The molecular weight excluding hydrogens is 124 g/mol. The minimum atomic E-state index is 0.148. The van der Waals surface area contributed by atoms with Gasteiger partial charge in [0.2, 0.25) is 0 Å². The molecule has 10 heavy (non-hydrogen) atoms. The van der Waals surface area contributed by atoms with Crippen LogP contribution in [0.15, 0.2) is 36.1 Å². The molecule has 0 saturated heterocycles. The van der Waals surface area contributed by atoms with Gasteiger partial charge in [0.25, 0.3) is 0 Å². The lowest BCUT2D eigenvalue weighted by Gasteiger charge is -2.10. The van der Waals surface area contributed by atoms with Gasteiger partial charge in [0, 0.05) is 0 Å². The van der Waals surface area contributed by atoms with Gasteiger partial charge in [0.15, 0.2) is 0 Å². The molecule has 0 spiro atoms. The fourth-order valence-corrected chi connectivity index (χ4v) is 0.824. The van der Waals surface area contributed by atoms with Crippen LogP contribution in [0.5, 0.6) is 0 Å². The van der Waals surface area contributed by atoms with Gasteiger partial charge < -0.3 is 4.74 Å². The van der Waals surface area contributed by atoms with Crippen LogP contribution in [0.2, 0.25) is 0 Å². The lowest BCUT2D eigenvalue weighted by molar-refractivity contribution is 0.223. The van der Waals surface area contributed by atoms with E-state index in [0.717, 1.165) is 0 Å². The van der Waals surface area contributed by atoms with Crippen LogP contribution >= 0.6 is 0 Å². The van der Waals surface area contributed by atoms with Gasteiger partial charge in [0.1, 0.15) is 6.10 Å². The van der Waals surface area contributed by atoms with Crippen LogP contribution in [0.1, 0.15) is 13.8 Å². The van der Waals surface area contributed by atoms with Gasteiger partial charge in [-0.3, -0.25) is 0 Å². The molecule has 0 bridgehead atoms. The topological polar surface area (TPSA) is 9.23 Å². The molecule has 1 unspecified atom stereocenters. The molecule has 1 atom stereocenters. The maximum atomic E-state index is 5.24. The van der Waals surface area contributed by atoms with Crippen molar-refractivity contribution in [2.75, 3.05) is 0 Å². The third-order valence-corrected chi connectivity index (χ3v) is 1.22. The molecule has 0 radical (unpaired) electrons. The fraction of sp³-hybridized carbons (Fsp3) is 0.333. The first-order chi connectivity index (χ1) is 4.79. The summed E-state index contributed by atoms with van der Waals surface area (Å²) in [5, 5.41) is 0. The van der Waals surface area contributed by atoms with Gasteiger partial charge >= 0.3 is 0 Å². The minimum absolute atomic E-state index is 0.148. The van der Waals surface area contributed by atoms with E-state index in [1.807, 2.05) is 18.2 Å². The summed E-state index contributed by atoms with van der Waals surface area (Å²) in [7, 11) is 0. The number of allylic oxidation sites excluding steroid dienone is 3. The Balaban J connectivity index is 2.52. The molecule has 54 valence electrons. The summed E-state index contributed by atoms with van der Waals surface area (Å²) in [6.07, 6.45) is 9.84. The average molecular weight is 136 g/mol. The molecule has 1 aliphatic rings. The first-order valence-corrected chi connectivity index (χ1v) is 3.43. The highest BCUT2D eigenvalue weighted by Crippen LogP contribution is 2.05. The van der Waals surface area contributed by atoms with E-state index >= 15 is 0 Å². The number of rotatable bonds is 1. The van der Waals surface area contributed by atoms with Crippen LogP contribution in [-0.4, -0.2) is 6.10 Å². The van der Waals surface area contributed by atoms with Crippen LogP contribution in [0.4, 0.5) is 0 Å². The average Bonchev–Trinajstić information content (AvgIpc) is 1.88. The van der Waals surface area contributed by atoms with Crippen LogP contribution in [0.3, 0.4) is 0 Å². The second kappa shape index (κ2) is 3.25. The number of hydrogen-bond acceptors (Lipinski definition) is 1. The van der Waals surface area contributed by atoms with E-state index in [9.17, 15) is 0 Å². The second-order valence-corrected chi connectivity index (χ2v) is 2.56. The van der Waals surface area contributed by atoms with Crippen molar-refractivity contribution in [3.63, 3.8) is 0 Å². The Hall–Kier alpha value is -0.980. The quantitative estimate of drug-likeness (QED) is 0.503.